The molecule has 1 spiro atoms. The molecule has 2 N–H and O–H groups in total. The summed E-state index contributed by atoms with van der Waals surface area (Å²) in [6.45, 7) is 8.52. The molecule has 1 aromatic heterocycles. The van der Waals surface area contributed by atoms with Crippen LogP contribution in [0.1, 0.15) is 58.2 Å². The lowest BCUT2D eigenvalue weighted by atomic mass is 9.74. The predicted octanol–water partition coefficient (Wildman–Crippen LogP) is 1.69. The Morgan fingerprint density at radius 2 is 2.00 bits per heavy atom. The van der Waals surface area contributed by atoms with Gasteiger partial charge in [0.05, 0.1) is 18.5 Å². The predicted molar refractivity (Wildman–Crippen MR) is 133 cm³/mol. The number of fused-ring (bicyclic) bond motifs is 1. The molecule has 4 rings (SSSR count). The van der Waals surface area contributed by atoms with Crippen LogP contribution < -0.4 is 10.6 Å². The maximum atomic E-state index is 13.1. The lowest BCUT2D eigenvalue weighted by Crippen LogP contribution is -2.54. The fourth-order valence-electron chi connectivity index (χ4n) is 5.78. The number of imidazole rings is 1. The lowest BCUT2D eigenvalue weighted by molar-refractivity contribution is -0.140. The Labute approximate surface area is 208 Å². The van der Waals surface area contributed by atoms with Gasteiger partial charge in [0.15, 0.2) is 0 Å². The van der Waals surface area contributed by atoms with E-state index in [0.717, 1.165) is 51.3 Å². The lowest BCUT2D eigenvalue weighted by Gasteiger charge is -2.41. The standard InChI is InChI=1S/C26H40N6O3/c1-3-12-32-16-11-27-23(32)19-30-13-7-22-21(18-30)6-4-5-8-26(25(35)28-17-24(34)29-22)9-14-31(15-10-26)20(2)33/h4-5,11,16,21-22H,3,6-10,12-15,17-19H2,1-2H3,(H,28,35)(H,29,34)/t21-,22+/m0/s1. The van der Waals surface area contributed by atoms with Crippen LogP contribution >= 0.6 is 0 Å². The van der Waals surface area contributed by atoms with E-state index >= 15 is 0 Å². The molecule has 0 radical (unpaired) electrons. The number of likely N-dealkylation sites (tertiary alicyclic amines) is 2. The van der Waals surface area contributed by atoms with Gasteiger partial charge in [-0.15, -0.1) is 0 Å². The zero-order valence-corrected chi connectivity index (χ0v) is 21.2. The maximum Gasteiger partial charge on any atom is 0.239 e. The molecule has 192 valence electrons. The number of carbonyl (C=O) groups excluding carboxylic acids is 3. The number of hydrogen-bond acceptors (Lipinski definition) is 5. The van der Waals surface area contributed by atoms with Crippen LogP contribution in [0.25, 0.3) is 0 Å². The van der Waals surface area contributed by atoms with Crippen molar-refractivity contribution in [3.8, 4) is 0 Å². The Kier molecular flexibility index (Phi) is 8.26. The molecular formula is C26H40N6O3. The van der Waals surface area contributed by atoms with Gasteiger partial charge in [0.2, 0.25) is 17.7 Å². The summed E-state index contributed by atoms with van der Waals surface area (Å²) in [6.07, 6.45) is 13.0. The number of allylic oxidation sites excluding steroid dienone is 2. The van der Waals surface area contributed by atoms with Crippen molar-refractivity contribution < 1.29 is 14.4 Å². The monoisotopic (exact) mass is 484 g/mol. The van der Waals surface area contributed by atoms with Crippen molar-refractivity contribution in [2.75, 3.05) is 32.7 Å². The Balaban J connectivity index is 1.43. The summed E-state index contributed by atoms with van der Waals surface area (Å²) in [5.74, 6) is 1.26. The van der Waals surface area contributed by atoms with Gasteiger partial charge < -0.3 is 20.1 Å². The molecule has 4 heterocycles. The van der Waals surface area contributed by atoms with Crippen LogP contribution in [0.2, 0.25) is 0 Å². The van der Waals surface area contributed by atoms with E-state index < -0.39 is 5.41 Å². The fraction of sp³-hybridized carbons (Fsp3) is 0.692. The van der Waals surface area contributed by atoms with Crippen LogP contribution in [0.3, 0.4) is 0 Å². The molecule has 3 amide bonds. The van der Waals surface area contributed by atoms with Gasteiger partial charge in [-0.25, -0.2) is 4.98 Å². The van der Waals surface area contributed by atoms with Crippen molar-refractivity contribution in [1.29, 1.82) is 0 Å². The third kappa shape index (κ3) is 6.12. The van der Waals surface area contributed by atoms with Crippen LogP contribution in [-0.4, -0.2) is 75.8 Å². The molecule has 2 saturated heterocycles. The van der Waals surface area contributed by atoms with Crippen LogP contribution in [0.4, 0.5) is 0 Å². The fourth-order valence-corrected chi connectivity index (χ4v) is 5.78. The van der Waals surface area contributed by atoms with Crippen LogP contribution in [0.5, 0.6) is 0 Å². The Hall–Kier alpha value is -2.68. The molecule has 0 aromatic carbocycles. The second-order valence-electron chi connectivity index (χ2n) is 10.4. The number of amides is 3. The van der Waals surface area contributed by atoms with Crippen molar-refractivity contribution in [3.63, 3.8) is 0 Å². The SMILES string of the molecule is CCCn1ccnc1CN1CC[C@H]2NC(=O)CNC(=O)C3(CC=CC[C@H]2C1)CCN(C(C)=O)CC3. The van der Waals surface area contributed by atoms with Gasteiger partial charge in [-0.3, -0.25) is 19.3 Å². The summed E-state index contributed by atoms with van der Waals surface area (Å²) < 4.78 is 2.23. The van der Waals surface area contributed by atoms with E-state index in [-0.39, 0.29) is 30.3 Å². The smallest absolute Gasteiger partial charge is 0.239 e. The number of aryl methyl sites for hydroxylation is 1. The van der Waals surface area contributed by atoms with E-state index in [9.17, 15) is 14.4 Å². The molecule has 0 unspecified atom stereocenters. The molecule has 9 nitrogen and oxygen atoms in total. The summed E-state index contributed by atoms with van der Waals surface area (Å²) >= 11 is 0. The average Bonchev–Trinajstić information content (AvgIpc) is 3.28. The number of nitrogens with one attached hydrogen (secondary N) is 2. The van der Waals surface area contributed by atoms with Crippen LogP contribution in [0.15, 0.2) is 24.5 Å². The molecule has 9 heteroatoms. The third-order valence-electron chi connectivity index (χ3n) is 7.97. The maximum absolute atomic E-state index is 13.1. The first-order chi connectivity index (χ1) is 16.9. The minimum atomic E-state index is -0.559. The van der Waals surface area contributed by atoms with Crippen molar-refractivity contribution in [3.05, 3.63) is 30.4 Å². The summed E-state index contributed by atoms with van der Waals surface area (Å²) in [5.41, 5.74) is -0.559. The number of hydrogen-bond donors (Lipinski definition) is 2. The molecular weight excluding hydrogens is 444 g/mol. The van der Waals surface area contributed by atoms with Gasteiger partial charge in [-0.2, -0.15) is 0 Å². The zero-order valence-electron chi connectivity index (χ0n) is 21.2. The summed E-state index contributed by atoms with van der Waals surface area (Å²) in [5, 5.41) is 6.09. The molecule has 2 atom stereocenters. The number of piperidine rings is 2. The third-order valence-corrected chi connectivity index (χ3v) is 7.97. The molecule has 3 aliphatic heterocycles. The number of aromatic nitrogens is 2. The Morgan fingerprint density at radius 3 is 2.74 bits per heavy atom. The molecule has 0 saturated carbocycles. The normalized spacial score (nSPS) is 25.8. The summed E-state index contributed by atoms with van der Waals surface area (Å²) in [6, 6.07) is 0.0999. The highest BCUT2D eigenvalue weighted by atomic mass is 16.2. The van der Waals surface area contributed by atoms with Crippen molar-refractivity contribution in [2.24, 2.45) is 11.3 Å². The first-order valence-electron chi connectivity index (χ1n) is 13.1. The topological polar surface area (TPSA) is 99.6 Å². The van der Waals surface area contributed by atoms with E-state index in [1.807, 2.05) is 6.20 Å². The highest BCUT2D eigenvalue weighted by Crippen LogP contribution is 2.36. The molecule has 0 bridgehead atoms. The summed E-state index contributed by atoms with van der Waals surface area (Å²) in [7, 11) is 0. The number of nitrogens with zero attached hydrogens (tertiary/aromatic N) is 4. The largest absolute Gasteiger partial charge is 0.351 e. The van der Waals surface area contributed by atoms with Gasteiger partial charge >= 0.3 is 0 Å². The van der Waals surface area contributed by atoms with Crippen molar-refractivity contribution in [2.45, 2.75) is 71.5 Å². The van der Waals surface area contributed by atoms with Gasteiger partial charge in [0.25, 0.3) is 0 Å². The van der Waals surface area contributed by atoms with Gasteiger partial charge in [-0.05, 0) is 44.4 Å². The van der Waals surface area contributed by atoms with Crippen molar-refractivity contribution in [1.82, 2.24) is 30.0 Å². The second kappa shape index (κ2) is 11.4. The molecule has 0 aliphatic carbocycles. The number of carbonyl (C=O) groups is 3. The molecule has 1 aromatic rings. The first-order valence-corrected chi connectivity index (χ1v) is 13.1. The van der Waals surface area contributed by atoms with Gasteiger partial charge in [-0.1, -0.05) is 19.1 Å². The number of rotatable bonds is 4. The highest BCUT2D eigenvalue weighted by Gasteiger charge is 2.41. The van der Waals surface area contributed by atoms with E-state index in [1.54, 1.807) is 11.8 Å². The average molecular weight is 485 g/mol. The van der Waals surface area contributed by atoms with E-state index in [2.05, 4.69) is 50.4 Å². The molecule has 2 fully saturated rings. The van der Waals surface area contributed by atoms with Gasteiger partial charge in [0.1, 0.15) is 5.82 Å². The zero-order chi connectivity index (χ0) is 24.8. The van der Waals surface area contributed by atoms with Gasteiger partial charge in [0, 0.05) is 58.1 Å². The first kappa shape index (κ1) is 25.4. The van der Waals surface area contributed by atoms with Crippen molar-refractivity contribution >= 4 is 17.7 Å². The quantitative estimate of drug-likeness (QED) is 0.634. The Bertz CT molecular complexity index is 933. The Morgan fingerprint density at radius 1 is 1.20 bits per heavy atom. The second-order valence-corrected chi connectivity index (χ2v) is 10.4. The molecule has 3 aliphatic rings. The van der Waals surface area contributed by atoms with E-state index in [4.69, 9.17) is 0 Å². The van der Waals surface area contributed by atoms with Crippen LogP contribution in [0, 0.1) is 11.3 Å². The minimum Gasteiger partial charge on any atom is -0.351 e. The van der Waals surface area contributed by atoms with Crippen LogP contribution in [-0.2, 0) is 27.5 Å². The highest BCUT2D eigenvalue weighted by molar-refractivity contribution is 5.88. The summed E-state index contributed by atoms with van der Waals surface area (Å²) in [4.78, 5) is 46.5. The van der Waals surface area contributed by atoms with E-state index in [1.165, 1.54) is 0 Å². The van der Waals surface area contributed by atoms with E-state index in [0.29, 0.717) is 38.3 Å². The minimum absolute atomic E-state index is 0.00209. The molecule has 35 heavy (non-hydrogen) atoms.